The average molecular weight is 242 g/mol. The summed E-state index contributed by atoms with van der Waals surface area (Å²) in [6.45, 7) is 4.34. The first kappa shape index (κ1) is 10.6. The SMILES string of the molecule is Cc1nc2cc(C3CCC4(CNC4)C3)ccc2o1. The molecule has 3 heteroatoms. The zero-order valence-corrected chi connectivity index (χ0v) is 10.7. The van der Waals surface area contributed by atoms with E-state index in [0.717, 1.165) is 17.0 Å². The minimum atomic E-state index is 0.610. The molecule has 2 aromatic rings. The Kier molecular flexibility index (Phi) is 2.10. The summed E-state index contributed by atoms with van der Waals surface area (Å²) in [4.78, 5) is 4.44. The summed E-state index contributed by atoms with van der Waals surface area (Å²) in [5.41, 5.74) is 3.98. The van der Waals surface area contributed by atoms with Gasteiger partial charge in [-0.25, -0.2) is 4.98 Å². The second kappa shape index (κ2) is 3.58. The third-order valence-corrected chi connectivity index (χ3v) is 4.69. The quantitative estimate of drug-likeness (QED) is 0.835. The smallest absolute Gasteiger partial charge is 0.192 e. The average Bonchev–Trinajstić information content (AvgIpc) is 2.88. The largest absolute Gasteiger partial charge is 0.441 e. The minimum Gasteiger partial charge on any atom is -0.441 e. The van der Waals surface area contributed by atoms with Crippen LogP contribution in [0.5, 0.6) is 0 Å². The summed E-state index contributed by atoms with van der Waals surface area (Å²) in [5.74, 6) is 1.47. The van der Waals surface area contributed by atoms with Crippen molar-refractivity contribution in [2.45, 2.75) is 32.1 Å². The molecule has 0 amide bonds. The van der Waals surface area contributed by atoms with Crippen molar-refractivity contribution in [2.75, 3.05) is 13.1 Å². The van der Waals surface area contributed by atoms with Crippen molar-refractivity contribution in [3.05, 3.63) is 29.7 Å². The maximum Gasteiger partial charge on any atom is 0.192 e. The zero-order chi connectivity index (χ0) is 12.2. The summed E-state index contributed by atoms with van der Waals surface area (Å²) < 4.78 is 5.54. The summed E-state index contributed by atoms with van der Waals surface area (Å²) in [5, 5.41) is 3.42. The van der Waals surface area contributed by atoms with Gasteiger partial charge in [-0.3, -0.25) is 0 Å². The van der Waals surface area contributed by atoms with Gasteiger partial charge in [-0.1, -0.05) is 6.07 Å². The Morgan fingerprint density at radius 1 is 1.39 bits per heavy atom. The van der Waals surface area contributed by atoms with Crippen molar-refractivity contribution in [1.82, 2.24) is 10.3 Å². The van der Waals surface area contributed by atoms with E-state index in [9.17, 15) is 0 Å². The Hall–Kier alpha value is -1.35. The fourth-order valence-electron chi connectivity index (χ4n) is 3.61. The molecule has 1 aromatic heterocycles. The number of nitrogens with one attached hydrogen (secondary N) is 1. The zero-order valence-electron chi connectivity index (χ0n) is 10.7. The van der Waals surface area contributed by atoms with Gasteiger partial charge in [-0.2, -0.15) is 0 Å². The molecule has 1 atom stereocenters. The van der Waals surface area contributed by atoms with E-state index in [1.54, 1.807) is 0 Å². The fourth-order valence-corrected chi connectivity index (χ4v) is 3.61. The Balaban J connectivity index is 1.66. The van der Waals surface area contributed by atoms with Crippen molar-refractivity contribution >= 4 is 11.1 Å². The van der Waals surface area contributed by atoms with Crippen LogP contribution in [0.3, 0.4) is 0 Å². The molecule has 1 saturated carbocycles. The molecule has 3 nitrogen and oxygen atoms in total. The van der Waals surface area contributed by atoms with Crippen LogP contribution in [0.15, 0.2) is 22.6 Å². The number of hydrogen-bond acceptors (Lipinski definition) is 3. The van der Waals surface area contributed by atoms with Crippen LogP contribution in [-0.4, -0.2) is 18.1 Å². The molecule has 2 fully saturated rings. The first-order valence-corrected chi connectivity index (χ1v) is 6.82. The van der Waals surface area contributed by atoms with Gasteiger partial charge < -0.3 is 9.73 Å². The molecular weight excluding hydrogens is 224 g/mol. The molecule has 1 aromatic carbocycles. The second-order valence-electron chi connectivity index (χ2n) is 6.00. The lowest BCUT2D eigenvalue weighted by atomic mass is 9.79. The molecule has 0 bridgehead atoms. The number of aromatic nitrogens is 1. The highest BCUT2D eigenvalue weighted by Crippen LogP contribution is 2.48. The number of rotatable bonds is 1. The van der Waals surface area contributed by atoms with Gasteiger partial charge >= 0.3 is 0 Å². The molecule has 1 aliphatic carbocycles. The Morgan fingerprint density at radius 3 is 3.00 bits per heavy atom. The first-order chi connectivity index (χ1) is 8.74. The van der Waals surface area contributed by atoms with Crippen LogP contribution in [0.1, 0.15) is 36.6 Å². The number of hydrogen-bond donors (Lipinski definition) is 1. The lowest BCUT2D eigenvalue weighted by Crippen LogP contribution is -2.51. The van der Waals surface area contributed by atoms with Crippen LogP contribution < -0.4 is 5.32 Å². The van der Waals surface area contributed by atoms with Gasteiger partial charge in [0.25, 0.3) is 0 Å². The molecule has 18 heavy (non-hydrogen) atoms. The molecular formula is C15H18N2O. The van der Waals surface area contributed by atoms with Crippen LogP contribution in [-0.2, 0) is 0 Å². The van der Waals surface area contributed by atoms with Gasteiger partial charge in [0, 0.05) is 20.0 Å². The standard InChI is InChI=1S/C15H18N2O/c1-10-17-13-6-11(2-3-14(13)18-10)12-4-5-15(7-12)8-16-9-15/h2-3,6,12,16H,4-5,7-9H2,1H3. The molecule has 4 rings (SSSR count). The van der Waals surface area contributed by atoms with E-state index in [0.29, 0.717) is 11.3 Å². The maximum absolute atomic E-state index is 5.54. The predicted molar refractivity (Wildman–Crippen MR) is 70.6 cm³/mol. The second-order valence-corrected chi connectivity index (χ2v) is 6.00. The van der Waals surface area contributed by atoms with Crippen molar-refractivity contribution < 1.29 is 4.42 Å². The monoisotopic (exact) mass is 242 g/mol. The summed E-state index contributed by atoms with van der Waals surface area (Å²) >= 11 is 0. The van der Waals surface area contributed by atoms with E-state index in [4.69, 9.17) is 4.42 Å². The van der Waals surface area contributed by atoms with Gasteiger partial charge in [0.05, 0.1) is 0 Å². The van der Waals surface area contributed by atoms with E-state index < -0.39 is 0 Å². The van der Waals surface area contributed by atoms with Gasteiger partial charge in [0.15, 0.2) is 11.5 Å². The molecule has 2 heterocycles. The molecule has 1 N–H and O–H groups in total. The van der Waals surface area contributed by atoms with Crippen molar-refractivity contribution in [3.63, 3.8) is 0 Å². The highest BCUT2D eigenvalue weighted by molar-refractivity contribution is 5.73. The molecule has 1 spiro atoms. The molecule has 1 saturated heterocycles. The van der Waals surface area contributed by atoms with E-state index in [2.05, 4.69) is 28.5 Å². The van der Waals surface area contributed by atoms with Gasteiger partial charge in [-0.15, -0.1) is 0 Å². The van der Waals surface area contributed by atoms with Crippen LogP contribution in [0.4, 0.5) is 0 Å². The van der Waals surface area contributed by atoms with Crippen molar-refractivity contribution in [3.8, 4) is 0 Å². The Labute approximate surface area is 107 Å². The lowest BCUT2D eigenvalue weighted by molar-refractivity contribution is 0.175. The number of fused-ring (bicyclic) bond motifs is 1. The van der Waals surface area contributed by atoms with Crippen LogP contribution in [0, 0.1) is 12.3 Å². The lowest BCUT2D eigenvalue weighted by Gasteiger charge is -2.39. The molecule has 1 aliphatic heterocycles. The minimum absolute atomic E-state index is 0.610. The molecule has 0 radical (unpaired) electrons. The van der Waals surface area contributed by atoms with Crippen molar-refractivity contribution in [1.29, 1.82) is 0 Å². The number of aryl methyl sites for hydroxylation is 1. The van der Waals surface area contributed by atoms with Crippen LogP contribution in [0.2, 0.25) is 0 Å². The number of benzene rings is 1. The molecule has 1 unspecified atom stereocenters. The van der Waals surface area contributed by atoms with E-state index in [1.807, 2.05) is 6.92 Å². The maximum atomic E-state index is 5.54. The summed E-state index contributed by atoms with van der Waals surface area (Å²) in [6, 6.07) is 6.53. The van der Waals surface area contributed by atoms with Crippen LogP contribution in [0.25, 0.3) is 11.1 Å². The Morgan fingerprint density at radius 2 is 2.28 bits per heavy atom. The summed E-state index contributed by atoms with van der Waals surface area (Å²) in [6.07, 6.45) is 4.03. The van der Waals surface area contributed by atoms with Gasteiger partial charge in [0.1, 0.15) is 5.52 Å². The number of nitrogens with zero attached hydrogens (tertiary/aromatic N) is 1. The van der Waals surface area contributed by atoms with E-state index >= 15 is 0 Å². The Bertz CT molecular complexity index is 598. The third kappa shape index (κ3) is 1.50. The highest BCUT2D eigenvalue weighted by atomic mass is 16.3. The van der Waals surface area contributed by atoms with E-state index in [1.165, 1.54) is 37.9 Å². The fraction of sp³-hybridized carbons (Fsp3) is 0.533. The van der Waals surface area contributed by atoms with Gasteiger partial charge in [-0.05, 0) is 48.3 Å². The van der Waals surface area contributed by atoms with Gasteiger partial charge in [0.2, 0.25) is 0 Å². The van der Waals surface area contributed by atoms with Crippen molar-refractivity contribution in [2.24, 2.45) is 5.41 Å². The third-order valence-electron chi connectivity index (χ3n) is 4.69. The molecule has 2 aliphatic rings. The number of oxazole rings is 1. The molecule has 94 valence electrons. The first-order valence-electron chi connectivity index (χ1n) is 6.82. The predicted octanol–water partition coefficient (Wildman–Crippen LogP) is 2.99. The van der Waals surface area contributed by atoms with E-state index in [-0.39, 0.29) is 0 Å². The summed E-state index contributed by atoms with van der Waals surface area (Å²) in [7, 11) is 0. The normalized spacial score (nSPS) is 25.7. The topological polar surface area (TPSA) is 38.1 Å². The van der Waals surface area contributed by atoms with Crippen LogP contribution >= 0.6 is 0 Å². The highest BCUT2D eigenvalue weighted by Gasteiger charge is 2.43.